The number of carbonyl (C=O) groups excluding carboxylic acids is 1. The smallest absolute Gasteiger partial charge is 0.229 e. The minimum atomic E-state index is -0.0141. The Hall–Kier alpha value is -1.51. The molecule has 1 aliphatic heterocycles. The van der Waals surface area contributed by atoms with Crippen LogP contribution in [0.25, 0.3) is 0 Å². The van der Waals surface area contributed by atoms with Gasteiger partial charge in [0, 0.05) is 18.8 Å². The molecular weight excluding hydrogens is 236 g/mol. The number of amides is 1. The zero-order valence-corrected chi connectivity index (χ0v) is 11.3. The highest BCUT2D eigenvalue weighted by Crippen LogP contribution is 2.31. The molecule has 0 bridgehead atoms. The zero-order valence-electron chi connectivity index (χ0n) is 11.3. The van der Waals surface area contributed by atoms with Gasteiger partial charge in [0.05, 0.1) is 5.92 Å². The minimum Gasteiger partial charge on any atom is -0.384 e. The lowest BCUT2D eigenvalue weighted by molar-refractivity contribution is -0.122. The van der Waals surface area contributed by atoms with Gasteiger partial charge in [-0.3, -0.25) is 4.79 Å². The van der Waals surface area contributed by atoms with Crippen LogP contribution in [0.15, 0.2) is 24.3 Å². The Bertz CT molecular complexity index is 452. The van der Waals surface area contributed by atoms with Gasteiger partial charge in [-0.15, -0.1) is 0 Å². The molecule has 1 aromatic rings. The maximum Gasteiger partial charge on any atom is 0.229 e. The topological polar surface area (TPSA) is 41.1 Å². The van der Waals surface area contributed by atoms with Crippen molar-refractivity contribution in [1.29, 1.82) is 0 Å². The molecule has 2 aliphatic rings. The summed E-state index contributed by atoms with van der Waals surface area (Å²) in [5.41, 5.74) is 2.25. The molecule has 1 amide bonds. The molecule has 19 heavy (non-hydrogen) atoms. The predicted octanol–water partition coefficient (Wildman–Crippen LogP) is 2.89. The van der Waals surface area contributed by atoms with Gasteiger partial charge in [0.2, 0.25) is 5.91 Å². The fourth-order valence-electron chi connectivity index (χ4n) is 3.28. The number of carbonyl (C=O) groups is 1. The maximum absolute atomic E-state index is 12.3. The largest absolute Gasteiger partial charge is 0.384 e. The summed E-state index contributed by atoms with van der Waals surface area (Å²) in [5.74, 6) is 0.866. The number of rotatable bonds is 3. The number of anilines is 1. The van der Waals surface area contributed by atoms with E-state index in [1.165, 1.54) is 32.1 Å². The summed E-state index contributed by atoms with van der Waals surface area (Å²) in [7, 11) is 0. The maximum atomic E-state index is 12.3. The Morgan fingerprint density at radius 1 is 1.21 bits per heavy atom. The first kappa shape index (κ1) is 12.5. The Kier molecular flexibility index (Phi) is 3.72. The van der Waals surface area contributed by atoms with Crippen LogP contribution in [0.2, 0.25) is 0 Å². The summed E-state index contributed by atoms with van der Waals surface area (Å²) in [6.45, 7) is 1.59. The second-order valence-electron chi connectivity index (χ2n) is 5.77. The van der Waals surface area contributed by atoms with Crippen molar-refractivity contribution in [1.82, 2.24) is 5.32 Å². The zero-order chi connectivity index (χ0) is 13.1. The van der Waals surface area contributed by atoms with Crippen LogP contribution in [0.4, 0.5) is 5.69 Å². The van der Waals surface area contributed by atoms with Crippen molar-refractivity contribution in [2.75, 3.05) is 18.4 Å². The van der Waals surface area contributed by atoms with E-state index in [2.05, 4.69) is 16.7 Å². The van der Waals surface area contributed by atoms with Crippen LogP contribution in [0.1, 0.15) is 43.6 Å². The number of hydrogen-bond donors (Lipinski definition) is 2. The summed E-state index contributed by atoms with van der Waals surface area (Å²) in [6.07, 6.45) is 6.58. The van der Waals surface area contributed by atoms with Crippen LogP contribution in [0.3, 0.4) is 0 Å². The highest BCUT2D eigenvalue weighted by Gasteiger charge is 2.28. The molecule has 3 nitrogen and oxygen atoms in total. The SMILES string of the molecule is O=C(NCC1CCCCC1)C1CNc2ccccc21. The average molecular weight is 258 g/mol. The van der Waals surface area contributed by atoms with Crippen LogP contribution < -0.4 is 10.6 Å². The fraction of sp³-hybridized carbons (Fsp3) is 0.562. The summed E-state index contributed by atoms with van der Waals surface area (Å²) in [4.78, 5) is 12.3. The molecule has 3 heteroatoms. The summed E-state index contributed by atoms with van der Waals surface area (Å²) in [6, 6.07) is 8.12. The molecule has 0 saturated heterocycles. The van der Waals surface area contributed by atoms with Crippen molar-refractivity contribution in [3.63, 3.8) is 0 Å². The molecule has 1 saturated carbocycles. The van der Waals surface area contributed by atoms with E-state index in [0.29, 0.717) is 5.92 Å². The molecule has 0 spiro atoms. The molecule has 1 aromatic carbocycles. The van der Waals surface area contributed by atoms with E-state index < -0.39 is 0 Å². The van der Waals surface area contributed by atoms with Crippen molar-refractivity contribution in [3.8, 4) is 0 Å². The number of benzene rings is 1. The molecule has 1 aliphatic carbocycles. The van der Waals surface area contributed by atoms with Crippen molar-refractivity contribution >= 4 is 11.6 Å². The molecule has 3 rings (SSSR count). The highest BCUT2D eigenvalue weighted by atomic mass is 16.1. The Morgan fingerprint density at radius 2 is 2.00 bits per heavy atom. The van der Waals surface area contributed by atoms with Crippen LogP contribution in [0, 0.1) is 5.92 Å². The van der Waals surface area contributed by atoms with E-state index in [1.54, 1.807) is 0 Å². The van der Waals surface area contributed by atoms with Gasteiger partial charge in [0.1, 0.15) is 0 Å². The predicted molar refractivity (Wildman–Crippen MR) is 77.3 cm³/mol. The lowest BCUT2D eigenvalue weighted by atomic mass is 9.89. The van der Waals surface area contributed by atoms with Gasteiger partial charge >= 0.3 is 0 Å². The lowest BCUT2D eigenvalue weighted by Gasteiger charge is -2.22. The minimum absolute atomic E-state index is 0.0141. The molecule has 1 fully saturated rings. The van der Waals surface area contributed by atoms with Crippen LogP contribution in [-0.2, 0) is 4.79 Å². The Balaban J connectivity index is 1.56. The highest BCUT2D eigenvalue weighted by molar-refractivity contribution is 5.88. The number of para-hydroxylation sites is 1. The standard InChI is InChI=1S/C16H22N2O/c19-16(18-10-12-6-2-1-3-7-12)14-11-17-15-9-5-4-8-13(14)15/h4-5,8-9,12,14,17H,1-3,6-7,10-11H2,(H,18,19). The average Bonchev–Trinajstić information content (AvgIpc) is 2.90. The third kappa shape index (κ3) is 2.75. The van der Waals surface area contributed by atoms with Gasteiger partial charge in [-0.2, -0.15) is 0 Å². The van der Waals surface area contributed by atoms with E-state index >= 15 is 0 Å². The van der Waals surface area contributed by atoms with Crippen molar-refractivity contribution in [2.24, 2.45) is 5.92 Å². The second kappa shape index (κ2) is 5.64. The van der Waals surface area contributed by atoms with Gasteiger partial charge in [-0.05, 0) is 30.4 Å². The van der Waals surface area contributed by atoms with E-state index in [0.717, 1.165) is 24.3 Å². The monoisotopic (exact) mass is 258 g/mol. The Labute approximate surface area is 114 Å². The quantitative estimate of drug-likeness (QED) is 0.875. The first-order valence-corrected chi connectivity index (χ1v) is 7.45. The normalized spacial score (nSPS) is 22.6. The van der Waals surface area contributed by atoms with E-state index in [4.69, 9.17) is 0 Å². The molecule has 102 valence electrons. The molecule has 2 N–H and O–H groups in total. The van der Waals surface area contributed by atoms with Crippen molar-refractivity contribution in [3.05, 3.63) is 29.8 Å². The van der Waals surface area contributed by atoms with Gasteiger partial charge in [0.25, 0.3) is 0 Å². The summed E-state index contributed by atoms with van der Waals surface area (Å²) < 4.78 is 0. The Morgan fingerprint density at radius 3 is 2.84 bits per heavy atom. The first-order chi connectivity index (χ1) is 9.34. The fourth-order valence-corrected chi connectivity index (χ4v) is 3.28. The molecule has 1 atom stereocenters. The molecule has 1 unspecified atom stereocenters. The van der Waals surface area contributed by atoms with Crippen LogP contribution >= 0.6 is 0 Å². The number of hydrogen-bond acceptors (Lipinski definition) is 2. The van der Waals surface area contributed by atoms with E-state index in [1.807, 2.05) is 18.2 Å². The summed E-state index contributed by atoms with van der Waals surface area (Å²) >= 11 is 0. The second-order valence-corrected chi connectivity index (χ2v) is 5.77. The summed E-state index contributed by atoms with van der Waals surface area (Å²) in [5, 5.41) is 6.46. The molecule has 0 aromatic heterocycles. The van der Waals surface area contributed by atoms with E-state index in [9.17, 15) is 4.79 Å². The molecular formula is C16H22N2O. The number of nitrogens with one attached hydrogen (secondary N) is 2. The van der Waals surface area contributed by atoms with Gasteiger partial charge in [0.15, 0.2) is 0 Å². The third-order valence-electron chi connectivity index (χ3n) is 4.44. The molecule has 1 heterocycles. The van der Waals surface area contributed by atoms with E-state index in [-0.39, 0.29) is 11.8 Å². The van der Waals surface area contributed by atoms with Crippen LogP contribution in [-0.4, -0.2) is 19.0 Å². The van der Waals surface area contributed by atoms with Gasteiger partial charge in [-0.25, -0.2) is 0 Å². The first-order valence-electron chi connectivity index (χ1n) is 7.45. The lowest BCUT2D eigenvalue weighted by Crippen LogP contribution is -2.34. The van der Waals surface area contributed by atoms with Crippen LogP contribution in [0.5, 0.6) is 0 Å². The molecule has 0 radical (unpaired) electrons. The van der Waals surface area contributed by atoms with Crippen molar-refractivity contribution < 1.29 is 4.79 Å². The van der Waals surface area contributed by atoms with Gasteiger partial charge < -0.3 is 10.6 Å². The van der Waals surface area contributed by atoms with Gasteiger partial charge in [-0.1, -0.05) is 37.5 Å². The number of fused-ring (bicyclic) bond motifs is 1. The third-order valence-corrected chi connectivity index (χ3v) is 4.44. The van der Waals surface area contributed by atoms with Crippen molar-refractivity contribution in [2.45, 2.75) is 38.0 Å².